The molecule has 0 aliphatic heterocycles. The van der Waals surface area contributed by atoms with Crippen LogP contribution in [0.15, 0.2) is 55.1 Å². The molecular weight excluding hydrogens is 336 g/mol. The first-order valence-electron chi connectivity index (χ1n) is 7.88. The summed E-state index contributed by atoms with van der Waals surface area (Å²) in [7, 11) is 0. The van der Waals surface area contributed by atoms with E-state index in [1.54, 1.807) is 30.3 Å². The van der Waals surface area contributed by atoms with E-state index in [0.717, 1.165) is 16.0 Å². The zero-order valence-corrected chi connectivity index (χ0v) is 14.6. The number of nitrogens with one attached hydrogen (secondary N) is 1. The highest BCUT2D eigenvalue weighted by molar-refractivity contribution is 7.22. The molecule has 128 valence electrons. The molecule has 0 saturated carbocycles. The molecule has 3 rings (SSSR count). The molecule has 0 fully saturated rings. The molecule has 1 aromatic heterocycles. The van der Waals surface area contributed by atoms with Gasteiger partial charge in [0, 0.05) is 5.56 Å². The van der Waals surface area contributed by atoms with Gasteiger partial charge in [-0.15, -0.1) is 0 Å². The number of fused-ring (bicyclic) bond motifs is 1. The Bertz CT molecular complexity index is 887. The fraction of sp³-hybridized carbons (Fsp3) is 0.158. The van der Waals surface area contributed by atoms with Crippen molar-refractivity contribution >= 4 is 32.6 Å². The van der Waals surface area contributed by atoms with Crippen LogP contribution in [0.1, 0.15) is 17.3 Å². The molecule has 0 radical (unpaired) electrons. The number of hydrogen-bond donors (Lipinski definition) is 1. The molecule has 25 heavy (non-hydrogen) atoms. The normalized spacial score (nSPS) is 10.4. The van der Waals surface area contributed by atoms with Gasteiger partial charge in [-0.05, 0) is 49.4 Å². The predicted molar refractivity (Wildman–Crippen MR) is 101 cm³/mol. The Labute approximate surface area is 149 Å². The summed E-state index contributed by atoms with van der Waals surface area (Å²) >= 11 is 1.42. The Kier molecular flexibility index (Phi) is 5.30. The third-order valence-electron chi connectivity index (χ3n) is 3.38. The van der Waals surface area contributed by atoms with E-state index in [9.17, 15) is 4.79 Å². The van der Waals surface area contributed by atoms with Crippen LogP contribution in [0.4, 0.5) is 5.13 Å². The molecule has 0 unspecified atom stereocenters. The topological polar surface area (TPSA) is 60.5 Å². The lowest BCUT2D eigenvalue weighted by atomic mass is 10.2. The number of anilines is 1. The predicted octanol–water partition coefficient (Wildman–Crippen LogP) is 4.51. The van der Waals surface area contributed by atoms with E-state index in [1.807, 2.05) is 25.1 Å². The maximum absolute atomic E-state index is 12.4. The summed E-state index contributed by atoms with van der Waals surface area (Å²) in [5.74, 6) is 1.28. The molecule has 0 atom stereocenters. The van der Waals surface area contributed by atoms with E-state index in [-0.39, 0.29) is 5.91 Å². The number of thiazole rings is 1. The highest BCUT2D eigenvalue weighted by Crippen LogP contribution is 2.29. The van der Waals surface area contributed by atoms with Crippen molar-refractivity contribution < 1.29 is 14.3 Å². The van der Waals surface area contributed by atoms with Crippen molar-refractivity contribution in [2.75, 3.05) is 18.5 Å². The lowest BCUT2D eigenvalue weighted by Crippen LogP contribution is -2.11. The quantitative estimate of drug-likeness (QED) is 0.634. The number of benzene rings is 2. The summed E-state index contributed by atoms with van der Waals surface area (Å²) in [5.41, 5.74) is 1.37. The van der Waals surface area contributed by atoms with Gasteiger partial charge in [0.15, 0.2) is 5.13 Å². The lowest BCUT2D eigenvalue weighted by molar-refractivity contribution is 0.102. The second kappa shape index (κ2) is 7.81. The average Bonchev–Trinajstić information content (AvgIpc) is 3.02. The third kappa shape index (κ3) is 4.16. The van der Waals surface area contributed by atoms with Crippen LogP contribution >= 0.6 is 11.3 Å². The van der Waals surface area contributed by atoms with Crippen molar-refractivity contribution in [1.29, 1.82) is 0 Å². The Morgan fingerprint density at radius 2 is 1.96 bits per heavy atom. The summed E-state index contributed by atoms with van der Waals surface area (Å²) in [6.45, 7) is 6.58. The van der Waals surface area contributed by atoms with Crippen molar-refractivity contribution in [2.45, 2.75) is 6.92 Å². The molecule has 1 heterocycles. The fourth-order valence-corrected chi connectivity index (χ4v) is 3.13. The SMILES string of the molecule is C=CCOc1ccc(C(=O)Nc2nc3ccc(OCC)cc3s2)cc1. The van der Waals surface area contributed by atoms with Gasteiger partial charge in [-0.1, -0.05) is 24.0 Å². The van der Waals surface area contributed by atoms with Crippen LogP contribution < -0.4 is 14.8 Å². The largest absolute Gasteiger partial charge is 0.494 e. The van der Waals surface area contributed by atoms with Crippen LogP contribution in [-0.2, 0) is 0 Å². The number of carbonyl (C=O) groups excluding carboxylic acids is 1. The van der Waals surface area contributed by atoms with Crippen molar-refractivity contribution in [3.05, 3.63) is 60.7 Å². The number of carbonyl (C=O) groups is 1. The lowest BCUT2D eigenvalue weighted by Gasteiger charge is -2.05. The summed E-state index contributed by atoms with van der Waals surface area (Å²) in [4.78, 5) is 16.8. The molecule has 0 spiro atoms. The first-order valence-corrected chi connectivity index (χ1v) is 8.69. The molecule has 3 aromatic rings. The van der Waals surface area contributed by atoms with Gasteiger partial charge in [0.2, 0.25) is 0 Å². The third-order valence-corrected chi connectivity index (χ3v) is 4.31. The minimum atomic E-state index is -0.209. The van der Waals surface area contributed by atoms with Gasteiger partial charge >= 0.3 is 0 Å². The van der Waals surface area contributed by atoms with Crippen molar-refractivity contribution in [1.82, 2.24) is 4.98 Å². The summed E-state index contributed by atoms with van der Waals surface area (Å²) < 4.78 is 11.9. The Morgan fingerprint density at radius 3 is 2.68 bits per heavy atom. The number of aromatic nitrogens is 1. The van der Waals surface area contributed by atoms with Crippen LogP contribution in [0.3, 0.4) is 0 Å². The average molecular weight is 354 g/mol. The first-order chi connectivity index (χ1) is 12.2. The van der Waals surface area contributed by atoms with E-state index in [1.165, 1.54) is 11.3 Å². The zero-order chi connectivity index (χ0) is 17.6. The van der Waals surface area contributed by atoms with Crippen LogP contribution in [0, 0.1) is 0 Å². The molecule has 5 nitrogen and oxygen atoms in total. The Morgan fingerprint density at radius 1 is 1.20 bits per heavy atom. The smallest absolute Gasteiger partial charge is 0.257 e. The van der Waals surface area contributed by atoms with Gasteiger partial charge in [-0.25, -0.2) is 4.98 Å². The number of nitrogens with zero attached hydrogens (tertiary/aromatic N) is 1. The van der Waals surface area contributed by atoms with Crippen LogP contribution in [0.25, 0.3) is 10.2 Å². The van der Waals surface area contributed by atoms with Crippen LogP contribution in [-0.4, -0.2) is 24.1 Å². The molecule has 1 amide bonds. The second-order valence-electron chi connectivity index (χ2n) is 5.16. The summed E-state index contributed by atoms with van der Waals surface area (Å²) in [6, 6.07) is 12.6. The first kappa shape index (κ1) is 17.0. The van der Waals surface area contributed by atoms with E-state index in [0.29, 0.717) is 29.7 Å². The Hall–Kier alpha value is -2.86. The minimum absolute atomic E-state index is 0.209. The van der Waals surface area contributed by atoms with Gasteiger partial charge in [0.25, 0.3) is 5.91 Å². The van der Waals surface area contributed by atoms with Crippen LogP contribution in [0.2, 0.25) is 0 Å². The Balaban J connectivity index is 1.71. The summed E-state index contributed by atoms with van der Waals surface area (Å²) in [5, 5.41) is 3.39. The number of amides is 1. The van der Waals surface area contributed by atoms with Crippen molar-refractivity contribution in [2.24, 2.45) is 0 Å². The maximum atomic E-state index is 12.4. The molecule has 0 bridgehead atoms. The number of rotatable bonds is 7. The maximum Gasteiger partial charge on any atom is 0.257 e. The van der Waals surface area contributed by atoms with Gasteiger partial charge in [0.1, 0.15) is 18.1 Å². The fourth-order valence-electron chi connectivity index (χ4n) is 2.24. The summed E-state index contributed by atoms with van der Waals surface area (Å²) in [6.07, 6.45) is 1.67. The zero-order valence-electron chi connectivity index (χ0n) is 13.8. The standard InChI is InChI=1S/C19H18N2O3S/c1-3-11-24-14-7-5-13(6-8-14)18(22)21-19-20-16-10-9-15(23-4-2)12-17(16)25-19/h3,5-10,12H,1,4,11H2,2H3,(H,20,21,22). The molecule has 0 aliphatic carbocycles. The van der Waals surface area contributed by atoms with Crippen molar-refractivity contribution in [3.8, 4) is 11.5 Å². The molecule has 2 aromatic carbocycles. The van der Waals surface area contributed by atoms with Crippen molar-refractivity contribution in [3.63, 3.8) is 0 Å². The minimum Gasteiger partial charge on any atom is -0.494 e. The second-order valence-corrected chi connectivity index (χ2v) is 6.19. The highest BCUT2D eigenvalue weighted by atomic mass is 32.1. The van der Waals surface area contributed by atoms with Gasteiger partial charge in [-0.3, -0.25) is 10.1 Å². The van der Waals surface area contributed by atoms with Gasteiger partial charge < -0.3 is 9.47 Å². The molecule has 6 heteroatoms. The number of hydrogen-bond acceptors (Lipinski definition) is 5. The van der Waals surface area contributed by atoms with E-state index < -0.39 is 0 Å². The van der Waals surface area contributed by atoms with Gasteiger partial charge in [-0.2, -0.15) is 0 Å². The van der Waals surface area contributed by atoms with E-state index in [2.05, 4.69) is 16.9 Å². The molecule has 0 aliphatic rings. The molecular formula is C19H18N2O3S. The monoisotopic (exact) mass is 354 g/mol. The number of ether oxygens (including phenoxy) is 2. The molecule has 1 N–H and O–H groups in total. The van der Waals surface area contributed by atoms with E-state index in [4.69, 9.17) is 9.47 Å². The highest BCUT2D eigenvalue weighted by Gasteiger charge is 2.11. The van der Waals surface area contributed by atoms with Crippen LogP contribution in [0.5, 0.6) is 11.5 Å². The van der Waals surface area contributed by atoms with Gasteiger partial charge in [0.05, 0.1) is 16.8 Å². The van der Waals surface area contributed by atoms with E-state index >= 15 is 0 Å². The molecule has 0 saturated heterocycles.